The lowest BCUT2D eigenvalue weighted by Gasteiger charge is -2.36. The molecule has 0 N–H and O–H groups in total. The lowest BCUT2D eigenvalue weighted by atomic mass is 10.2. The molecule has 0 bridgehead atoms. The van der Waals surface area contributed by atoms with E-state index in [1.807, 2.05) is 0 Å². The van der Waals surface area contributed by atoms with Crippen LogP contribution >= 0.6 is 11.8 Å². The molecule has 2 aliphatic heterocycles. The van der Waals surface area contributed by atoms with Crippen LogP contribution in [0.4, 0.5) is 5.69 Å². The summed E-state index contributed by atoms with van der Waals surface area (Å²) >= 11 is 2.08. The fraction of sp³-hybridized carbons (Fsp3) is 0.500. The first-order chi connectivity index (χ1) is 6.66. The van der Waals surface area contributed by atoms with Crippen molar-refractivity contribution in [3.63, 3.8) is 0 Å². The highest BCUT2D eigenvalue weighted by atomic mass is 35.5. The summed E-state index contributed by atoms with van der Waals surface area (Å²) in [7, 11) is 2.39. The Morgan fingerprint density at radius 3 is 2.87 bits per heavy atom. The van der Waals surface area contributed by atoms with Crippen LogP contribution in [0, 0.1) is 0 Å². The Hall–Kier alpha value is -0.180. The summed E-state index contributed by atoms with van der Waals surface area (Å²) in [5, 5.41) is 0. The molecule has 3 heteroatoms. The molecule has 2 unspecified atom stereocenters. The quantitative estimate of drug-likeness (QED) is 0.587. The van der Waals surface area contributed by atoms with Crippen molar-refractivity contribution in [2.75, 3.05) is 13.6 Å². The monoisotopic (exact) mass is 241 g/mol. The van der Waals surface area contributed by atoms with E-state index in [0.717, 1.165) is 4.48 Å². The Morgan fingerprint density at radius 1 is 1.33 bits per heavy atom. The molecular formula is C12H16ClNS. The van der Waals surface area contributed by atoms with Crippen LogP contribution < -0.4 is 16.9 Å². The highest BCUT2D eigenvalue weighted by Gasteiger charge is 2.56. The Kier molecular flexibility index (Phi) is 2.57. The van der Waals surface area contributed by atoms with Gasteiger partial charge in [-0.15, -0.1) is 0 Å². The topological polar surface area (TPSA) is 0 Å². The summed E-state index contributed by atoms with van der Waals surface area (Å²) < 4.78 is 1.15. The first-order valence-corrected chi connectivity index (χ1v) is 6.12. The Bertz CT molecular complexity index is 395. The van der Waals surface area contributed by atoms with Crippen LogP contribution in [0.25, 0.3) is 0 Å². The van der Waals surface area contributed by atoms with E-state index in [9.17, 15) is 0 Å². The molecule has 0 saturated carbocycles. The van der Waals surface area contributed by atoms with Crippen molar-refractivity contribution in [2.24, 2.45) is 0 Å². The van der Waals surface area contributed by atoms with E-state index < -0.39 is 0 Å². The van der Waals surface area contributed by atoms with Crippen molar-refractivity contribution in [2.45, 2.75) is 29.5 Å². The zero-order valence-corrected chi connectivity index (χ0v) is 10.7. The predicted molar refractivity (Wildman–Crippen MR) is 62.5 cm³/mol. The van der Waals surface area contributed by atoms with Gasteiger partial charge in [-0.1, -0.05) is 23.9 Å². The molecule has 0 radical (unpaired) electrons. The maximum absolute atomic E-state index is 2.42. The molecule has 0 aliphatic carbocycles. The third-order valence-corrected chi connectivity index (χ3v) is 5.63. The molecule has 1 aromatic rings. The first-order valence-electron chi connectivity index (χ1n) is 5.30. The van der Waals surface area contributed by atoms with Gasteiger partial charge in [0.25, 0.3) is 0 Å². The minimum atomic E-state index is 0. The van der Waals surface area contributed by atoms with E-state index in [1.165, 1.54) is 30.0 Å². The molecule has 2 aliphatic rings. The van der Waals surface area contributed by atoms with E-state index in [2.05, 4.69) is 50.0 Å². The molecular weight excluding hydrogens is 226 g/mol. The zero-order valence-electron chi connectivity index (χ0n) is 9.16. The lowest BCUT2D eigenvalue weighted by molar-refractivity contribution is -0.00000287. The van der Waals surface area contributed by atoms with Gasteiger partial charge < -0.3 is 12.4 Å². The van der Waals surface area contributed by atoms with Gasteiger partial charge in [-0.2, -0.15) is 0 Å². The maximum atomic E-state index is 2.42. The average Bonchev–Trinajstić information content (AvgIpc) is 2.54. The first kappa shape index (κ1) is 11.3. The van der Waals surface area contributed by atoms with Crippen molar-refractivity contribution in [1.82, 2.24) is 4.48 Å². The third kappa shape index (κ3) is 1.28. The summed E-state index contributed by atoms with van der Waals surface area (Å²) in [4.78, 5) is 1.90. The van der Waals surface area contributed by atoms with Gasteiger partial charge in [0.05, 0.1) is 18.5 Å². The average molecular weight is 242 g/mol. The van der Waals surface area contributed by atoms with E-state index in [1.54, 1.807) is 0 Å². The molecule has 3 rings (SSSR count). The van der Waals surface area contributed by atoms with Gasteiger partial charge in [-0.05, 0) is 6.07 Å². The van der Waals surface area contributed by atoms with Gasteiger partial charge in [0, 0.05) is 25.8 Å². The molecule has 1 aromatic carbocycles. The van der Waals surface area contributed by atoms with Crippen molar-refractivity contribution >= 4 is 17.4 Å². The fourth-order valence-corrected chi connectivity index (χ4v) is 4.55. The minimum Gasteiger partial charge on any atom is -1.00 e. The summed E-state index contributed by atoms with van der Waals surface area (Å²) in [6, 6.07) is 8.91. The van der Waals surface area contributed by atoms with Gasteiger partial charge in [0.15, 0.2) is 4.87 Å². The number of thioether (sulfide) groups is 1. The molecule has 0 amide bonds. The summed E-state index contributed by atoms with van der Waals surface area (Å²) in [5.74, 6) is 0. The number of quaternary nitrogens is 1. The standard InChI is InChI=1S/C12H16NS.ClH/c1-12-8-5-9-13(12,2)10-6-3-4-7-11(10)14-12;/h3-4,6-7H,5,8-9H2,1-2H3;1H/q+1;/p-1. The van der Waals surface area contributed by atoms with Crippen molar-refractivity contribution < 1.29 is 12.4 Å². The van der Waals surface area contributed by atoms with E-state index in [0.29, 0.717) is 4.87 Å². The van der Waals surface area contributed by atoms with E-state index >= 15 is 0 Å². The van der Waals surface area contributed by atoms with E-state index in [-0.39, 0.29) is 12.4 Å². The number of hydrogen-bond donors (Lipinski definition) is 0. The molecule has 0 spiro atoms. The molecule has 2 atom stereocenters. The number of nitrogens with zero attached hydrogens (tertiary/aromatic N) is 1. The summed E-state index contributed by atoms with van der Waals surface area (Å²) in [6.45, 7) is 3.73. The SMILES string of the molecule is CC12CCC[N+]1(C)c1ccccc1S2.[Cl-]. The minimum absolute atomic E-state index is 0. The van der Waals surface area contributed by atoms with Crippen LogP contribution in [-0.2, 0) is 0 Å². The van der Waals surface area contributed by atoms with Crippen LogP contribution in [-0.4, -0.2) is 18.5 Å². The lowest BCUT2D eigenvalue weighted by Crippen LogP contribution is -3.00. The van der Waals surface area contributed by atoms with Gasteiger partial charge in [0.2, 0.25) is 0 Å². The number of hydrogen-bond acceptors (Lipinski definition) is 1. The number of halogens is 1. The number of para-hydroxylation sites is 1. The molecule has 2 heterocycles. The second-order valence-corrected chi connectivity index (χ2v) is 6.29. The second kappa shape index (κ2) is 3.41. The Balaban J connectivity index is 0.000000853. The highest BCUT2D eigenvalue weighted by molar-refractivity contribution is 8.01. The van der Waals surface area contributed by atoms with Gasteiger partial charge in [0.1, 0.15) is 5.69 Å². The van der Waals surface area contributed by atoms with Crippen molar-refractivity contribution in [3.8, 4) is 0 Å². The summed E-state index contributed by atoms with van der Waals surface area (Å²) in [5.41, 5.74) is 1.54. The molecule has 1 fully saturated rings. The molecule has 1 saturated heterocycles. The zero-order chi connectivity index (χ0) is 9.81. The van der Waals surface area contributed by atoms with Crippen molar-refractivity contribution in [3.05, 3.63) is 24.3 Å². The predicted octanol–water partition coefficient (Wildman–Crippen LogP) is 0.243. The molecule has 0 aromatic heterocycles. The Labute approximate surface area is 102 Å². The molecule has 82 valence electrons. The second-order valence-electron chi connectivity index (χ2n) is 4.76. The molecule has 1 nitrogen and oxygen atoms in total. The van der Waals surface area contributed by atoms with Crippen molar-refractivity contribution in [1.29, 1.82) is 0 Å². The van der Waals surface area contributed by atoms with Crippen LogP contribution in [0.3, 0.4) is 0 Å². The maximum Gasteiger partial charge on any atom is 0.152 e. The Morgan fingerprint density at radius 2 is 2.07 bits per heavy atom. The third-order valence-electron chi connectivity index (χ3n) is 4.02. The number of benzene rings is 1. The largest absolute Gasteiger partial charge is 1.00 e. The smallest absolute Gasteiger partial charge is 0.152 e. The van der Waals surface area contributed by atoms with Crippen LogP contribution in [0.1, 0.15) is 19.8 Å². The summed E-state index contributed by atoms with van der Waals surface area (Å²) in [6.07, 6.45) is 2.72. The highest BCUT2D eigenvalue weighted by Crippen LogP contribution is 2.58. The van der Waals surface area contributed by atoms with Crippen LogP contribution in [0.2, 0.25) is 0 Å². The van der Waals surface area contributed by atoms with Crippen LogP contribution in [0.15, 0.2) is 29.2 Å². The van der Waals surface area contributed by atoms with Gasteiger partial charge in [-0.25, -0.2) is 0 Å². The van der Waals surface area contributed by atoms with E-state index in [4.69, 9.17) is 0 Å². The fourth-order valence-electron chi connectivity index (χ4n) is 2.92. The van der Waals surface area contributed by atoms with Gasteiger partial charge in [-0.3, -0.25) is 4.48 Å². The van der Waals surface area contributed by atoms with Crippen LogP contribution in [0.5, 0.6) is 0 Å². The molecule has 15 heavy (non-hydrogen) atoms. The number of fused-ring (bicyclic) bond motifs is 3. The number of rotatable bonds is 0. The van der Waals surface area contributed by atoms with Gasteiger partial charge >= 0.3 is 0 Å². The normalized spacial score (nSPS) is 36.9.